The zero-order valence-corrected chi connectivity index (χ0v) is 11.6. The van der Waals surface area contributed by atoms with E-state index in [1.807, 2.05) is 6.92 Å². The van der Waals surface area contributed by atoms with E-state index in [0.29, 0.717) is 17.7 Å². The maximum atomic E-state index is 12.2. The highest BCUT2D eigenvalue weighted by molar-refractivity contribution is 5.90. The average molecular weight is 286 g/mol. The molecule has 1 aromatic rings. The van der Waals surface area contributed by atoms with E-state index in [0.717, 1.165) is 6.42 Å². The summed E-state index contributed by atoms with van der Waals surface area (Å²) >= 11 is 0. The number of phenols is 1. The Morgan fingerprint density at radius 2 is 2.10 bits per heavy atom. The van der Waals surface area contributed by atoms with E-state index in [-0.39, 0.29) is 11.7 Å². The van der Waals surface area contributed by atoms with Gasteiger partial charge in [-0.25, -0.2) is 8.78 Å². The van der Waals surface area contributed by atoms with Gasteiger partial charge in [-0.1, -0.05) is 6.92 Å². The molecule has 0 spiro atoms. The largest absolute Gasteiger partial charge is 0.508 e. The molecule has 0 aliphatic rings. The van der Waals surface area contributed by atoms with Gasteiger partial charge in [-0.3, -0.25) is 4.79 Å². The summed E-state index contributed by atoms with van der Waals surface area (Å²) in [5.74, 6) is -0.106. The lowest BCUT2D eigenvalue weighted by atomic mass is 10.1. The number of rotatable bonds is 7. The molecule has 20 heavy (non-hydrogen) atoms. The molecule has 0 saturated heterocycles. The smallest absolute Gasteiger partial charge is 0.250 e. The van der Waals surface area contributed by atoms with Gasteiger partial charge >= 0.3 is 0 Å². The van der Waals surface area contributed by atoms with E-state index in [1.54, 1.807) is 19.1 Å². The first kappa shape index (κ1) is 16.4. The SMILES string of the molecule is CCCC(=O)Nc1ccc(O)c(C(C)NCC(F)F)c1. The fourth-order valence-electron chi connectivity index (χ4n) is 1.81. The molecule has 1 aromatic carbocycles. The summed E-state index contributed by atoms with van der Waals surface area (Å²) < 4.78 is 24.3. The highest BCUT2D eigenvalue weighted by Crippen LogP contribution is 2.27. The van der Waals surface area contributed by atoms with Gasteiger partial charge in [0.25, 0.3) is 6.43 Å². The number of nitrogens with one attached hydrogen (secondary N) is 2. The second-order valence-corrected chi connectivity index (χ2v) is 4.59. The third kappa shape index (κ3) is 5.13. The Kier molecular flexibility index (Phi) is 6.38. The molecular formula is C14H20F2N2O2. The molecule has 1 amide bonds. The summed E-state index contributed by atoms with van der Waals surface area (Å²) in [5, 5.41) is 15.1. The fourth-order valence-corrected chi connectivity index (χ4v) is 1.81. The van der Waals surface area contributed by atoms with Crippen LogP contribution in [0.2, 0.25) is 0 Å². The highest BCUT2D eigenvalue weighted by Gasteiger charge is 2.13. The van der Waals surface area contributed by atoms with Crippen LogP contribution in [0.3, 0.4) is 0 Å². The van der Waals surface area contributed by atoms with Crippen LogP contribution in [0.5, 0.6) is 5.75 Å². The van der Waals surface area contributed by atoms with Crippen molar-refractivity contribution in [3.63, 3.8) is 0 Å². The molecule has 1 atom stereocenters. The van der Waals surface area contributed by atoms with E-state index < -0.39 is 19.0 Å². The van der Waals surface area contributed by atoms with E-state index in [2.05, 4.69) is 10.6 Å². The van der Waals surface area contributed by atoms with Gasteiger partial charge in [0.15, 0.2) is 0 Å². The lowest BCUT2D eigenvalue weighted by Crippen LogP contribution is -2.24. The van der Waals surface area contributed by atoms with Crippen molar-refractivity contribution in [1.82, 2.24) is 5.32 Å². The van der Waals surface area contributed by atoms with Gasteiger partial charge in [-0.05, 0) is 31.5 Å². The molecule has 112 valence electrons. The van der Waals surface area contributed by atoms with Crippen molar-refractivity contribution in [3.8, 4) is 5.75 Å². The van der Waals surface area contributed by atoms with Gasteiger partial charge in [0, 0.05) is 23.7 Å². The van der Waals surface area contributed by atoms with Crippen molar-refractivity contribution in [2.24, 2.45) is 0 Å². The van der Waals surface area contributed by atoms with Gasteiger partial charge in [-0.2, -0.15) is 0 Å². The molecule has 0 radical (unpaired) electrons. The fraction of sp³-hybridized carbons (Fsp3) is 0.500. The molecule has 0 bridgehead atoms. The predicted molar refractivity (Wildman–Crippen MR) is 74.1 cm³/mol. The van der Waals surface area contributed by atoms with Crippen LogP contribution in [0, 0.1) is 0 Å². The maximum absolute atomic E-state index is 12.2. The van der Waals surface area contributed by atoms with Gasteiger partial charge in [0.05, 0.1) is 6.54 Å². The van der Waals surface area contributed by atoms with Crippen molar-refractivity contribution in [2.45, 2.75) is 39.2 Å². The van der Waals surface area contributed by atoms with Gasteiger partial charge in [0.2, 0.25) is 5.91 Å². The number of carbonyl (C=O) groups is 1. The van der Waals surface area contributed by atoms with E-state index in [4.69, 9.17) is 0 Å². The minimum absolute atomic E-state index is 0.00718. The Morgan fingerprint density at radius 1 is 1.40 bits per heavy atom. The Balaban J connectivity index is 2.77. The molecule has 0 heterocycles. The van der Waals surface area contributed by atoms with Gasteiger partial charge < -0.3 is 15.7 Å². The number of aromatic hydroxyl groups is 1. The minimum atomic E-state index is -2.45. The molecule has 0 aliphatic heterocycles. The molecule has 1 rings (SSSR count). The first-order valence-electron chi connectivity index (χ1n) is 6.58. The predicted octanol–water partition coefficient (Wildman–Crippen LogP) is 3.05. The van der Waals surface area contributed by atoms with Crippen molar-refractivity contribution in [3.05, 3.63) is 23.8 Å². The Bertz CT molecular complexity index is 453. The zero-order valence-electron chi connectivity index (χ0n) is 11.6. The number of carbonyl (C=O) groups excluding carboxylic acids is 1. The molecule has 3 N–H and O–H groups in total. The van der Waals surface area contributed by atoms with Gasteiger partial charge in [-0.15, -0.1) is 0 Å². The van der Waals surface area contributed by atoms with E-state index >= 15 is 0 Å². The van der Waals surface area contributed by atoms with Crippen LogP contribution in [0.4, 0.5) is 14.5 Å². The summed E-state index contributed by atoms with van der Waals surface area (Å²) in [6, 6.07) is 4.17. The van der Waals surface area contributed by atoms with Crippen LogP contribution in [0.15, 0.2) is 18.2 Å². The summed E-state index contributed by atoms with van der Waals surface area (Å²) in [6.07, 6.45) is -1.30. The topological polar surface area (TPSA) is 61.4 Å². The monoisotopic (exact) mass is 286 g/mol. The molecular weight excluding hydrogens is 266 g/mol. The standard InChI is InChI=1S/C14H20F2N2O2/c1-3-4-14(20)18-10-5-6-12(19)11(7-10)9(2)17-8-13(15)16/h5-7,9,13,17,19H,3-4,8H2,1-2H3,(H,18,20). The molecule has 6 heteroatoms. The van der Waals surface area contributed by atoms with Crippen LogP contribution in [-0.2, 0) is 4.79 Å². The summed E-state index contributed by atoms with van der Waals surface area (Å²) in [5.41, 5.74) is 1.02. The first-order valence-corrected chi connectivity index (χ1v) is 6.58. The van der Waals surface area contributed by atoms with Crippen LogP contribution >= 0.6 is 0 Å². The van der Waals surface area contributed by atoms with Crippen LogP contribution in [0.1, 0.15) is 38.3 Å². The van der Waals surface area contributed by atoms with Crippen molar-refractivity contribution in [1.29, 1.82) is 0 Å². The maximum Gasteiger partial charge on any atom is 0.250 e. The first-order chi connectivity index (χ1) is 9.43. The highest BCUT2D eigenvalue weighted by atomic mass is 19.3. The number of benzene rings is 1. The molecule has 0 saturated carbocycles. The molecule has 0 fully saturated rings. The zero-order chi connectivity index (χ0) is 15.1. The van der Waals surface area contributed by atoms with Crippen molar-refractivity contribution >= 4 is 11.6 Å². The molecule has 1 unspecified atom stereocenters. The lowest BCUT2D eigenvalue weighted by molar-refractivity contribution is -0.116. The quantitative estimate of drug-likeness (QED) is 0.675. The van der Waals surface area contributed by atoms with Gasteiger partial charge in [0.1, 0.15) is 5.75 Å². The number of hydrogen-bond donors (Lipinski definition) is 3. The van der Waals surface area contributed by atoms with Crippen LogP contribution in [-0.4, -0.2) is 24.0 Å². The number of amides is 1. The van der Waals surface area contributed by atoms with Crippen LogP contribution in [0.25, 0.3) is 0 Å². The number of phenolic OH excluding ortho intramolecular Hbond substituents is 1. The van der Waals surface area contributed by atoms with E-state index in [1.165, 1.54) is 6.07 Å². The Labute approximate surface area is 117 Å². The Hall–Kier alpha value is -1.69. The summed E-state index contributed by atoms with van der Waals surface area (Å²) in [7, 11) is 0. The molecule has 4 nitrogen and oxygen atoms in total. The second kappa shape index (κ2) is 7.79. The number of hydrogen-bond acceptors (Lipinski definition) is 3. The van der Waals surface area contributed by atoms with Crippen molar-refractivity contribution < 1.29 is 18.7 Å². The van der Waals surface area contributed by atoms with E-state index in [9.17, 15) is 18.7 Å². The third-order valence-corrected chi connectivity index (χ3v) is 2.83. The second-order valence-electron chi connectivity index (χ2n) is 4.59. The number of anilines is 1. The average Bonchev–Trinajstić information content (AvgIpc) is 2.38. The third-order valence-electron chi connectivity index (χ3n) is 2.83. The molecule has 0 aliphatic carbocycles. The van der Waals surface area contributed by atoms with Crippen molar-refractivity contribution in [2.75, 3.05) is 11.9 Å². The summed E-state index contributed by atoms with van der Waals surface area (Å²) in [6.45, 7) is 3.13. The lowest BCUT2D eigenvalue weighted by Gasteiger charge is -2.16. The minimum Gasteiger partial charge on any atom is -0.508 e. The Morgan fingerprint density at radius 3 is 2.70 bits per heavy atom. The summed E-state index contributed by atoms with van der Waals surface area (Å²) in [4.78, 5) is 11.5. The molecule has 0 aromatic heterocycles. The van der Waals surface area contributed by atoms with Crippen LogP contribution < -0.4 is 10.6 Å². The normalized spacial score (nSPS) is 12.4. The number of halogens is 2. The number of alkyl halides is 2.